The summed E-state index contributed by atoms with van der Waals surface area (Å²) < 4.78 is 12.4. The van der Waals surface area contributed by atoms with Crippen LogP contribution in [0, 0.1) is 17.2 Å². The Kier molecular flexibility index (Phi) is 5.44. The molecule has 1 amide bonds. The normalized spacial score (nSPS) is 29.7. The Labute approximate surface area is 230 Å². The Bertz CT molecular complexity index is 1570. The van der Waals surface area contributed by atoms with Crippen molar-refractivity contribution < 1.29 is 19.4 Å². The fourth-order valence-electron chi connectivity index (χ4n) is 6.77. The van der Waals surface area contributed by atoms with Gasteiger partial charge in [-0.3, -0.25) is 4.79 Å². The molecule has 1 saturated carbocycles. The molecule has 9 nitrogen and oxygen atoms in total. The molecule has 198 valence electrons. The zero-order valence-electron chi connectivity index (χ0n) is 21.8. The number of aliphatic hydroxyl groups is 1. The summed E-state index contributed by atoms with van der Waals surface area (Å²) in [6.45, 7) is 1.73. The Balaban J connectivity index is 1.79. The number of aromatic nitrogens is 1. The molecule has 10 heteroatoms. The first-order valence-corrected chi connectivity index (χ1v) is 12.8. The lowest BCUT2D eigenvalue weighted by Gasteiger charge is -2.43. The summed E-state index contributed by atoms with van der Waals surface area (Å²) in [7, 11) is 4.78. The third-order valence-electron chi connectivity index (χ3n) is 8.10. The zero-order valence-corrected chi connectivity index (χ0v) is 22.5. The van der Waals surface area contributed by atoms with Crippen molar-refractivity contribution in [1.29, 1.82) is 5.26 Å². The molecule has 1 fully saturated rings. The number of halogens is 1. The van der Waals surface area contributed by atoms with Gasteiger partial charge in [-0.15, -0.1) is 0 Å². The maximum absolute atomic E-state index is 14.1. The molecule has 0 unspecified atom stereocenters. The lowest BCUT2D eigenvalue weighted by Crippen LogP contribution is -2.63. The fourth-order valence-corrected chi connectivity index (χ4v) is 7.09. The number of rotatable bonds is 4. The molecule has 2 aromatic carbocycles. The van der Waals surface area contributed by atoms with Gasteiger partial charge in [-0.05, 0) is 30.2 Å². The Morgan fingerprint density at radius 2 is 1.90 bits per heavy atom. The van der Waals surface area contributed by atoms with Gasteiger partial charge in [-0.25, -0.2) is 9.98 Å². The molecule has 0 saturated heterocycles. The van der Waals surface area contributed by atoms with Gasteiger partial charge >= 0.3 is 0 Å². The fraction of sp³-hybridized carbons (Fsp3) is 0.310. The minimum Gasteiger partial charge on any atom is -0.481 e. The van der Waals surface area contributed by atoms with Crippen LogP contribution in [0.25, 0.3) is 0 Å². The summed E-state index contributed by atoms with van der Waals surface area (Å²) in [5, 5.41) is 25.8. The van der Waals surface area contributed by atoms with Crippen LogP contribution in [-0.4, -0.2) is 53.7 Å². The van der Waals surface area contributed by atoms with E-state index < -0.39 is 28.7 Å². The molecule has 1 spiro atoms. The topological polar surface area (TPSA) is 120 Å². The number of carbonyl (C=O) groups is 1. The number of hydrogen-bond acceptors (Lipinski definition) is 8. The van der Waals surface area contributed by atoms with Gasteiger partial charge in [0.25, 0.3) is 0 Å². The molecule has 2 N–H and O–H groups in total. The van der Waals surface area contributed by atoms with Gasteiger partial charge in [0.15, 0.2) is 11.1 Å². The molecule has 6 rings (SSSR count). The second-order valence-corrected chi connectivity index (χ2v) is 10.6. The van der Waals surface area contributed by atoms with E-state index in [4.69, 9.17) is 26.1 Å². The van der Waals surface area contributed by atoms with Crippen LogP contribution >= 0.6 is 11.6 Å². The van der Waals surface area contributed by atoms with Crippen molar-refractivity contribution in [3.05, 3.63) is 88.1 Å². The molecule has 1 aromatic heterocycles. The lowest BCUT2D eigenvalue weighted by molar-refractivity contribution is -0.144. The Hall–Kier alpha value is -4.13. The van der Waals surface area contributed by atoms with Gasteiger partial charge in [0.05, 0.1) is 30.1 Å². The quantitative estimate of drug-likeness (QED) is 0.484. The van der Waals surface area contributed by atoms with E-state index in [0.717, 1.165) is 5.56 Å². The van der Waals surface area contributed by atoms with E-state index in [2.05, 4.69) is 16.4 Å². The molecular weight excluding hydrogens is 518 g/mol. The van der Waals surface area contributed by atoms with E-state index in [0.29, 0.717) is 28.3 Å². The number of methoxy groups -OCH3 is 1. The summed E-state index contributed by atoms with van der Waals surface area (Å²) in [4.78, 5) is 24.7. The number of nitrogens with one attached hydrogen (secondary N) is 1. The van der Waals surface area contributed by atoms with Crippen LogP contribution in [-0.2, 0) is 15.9 Å². The van der Waals surface area contributed by atoms with Crippen LogP contribution in [0.15, 0.2) is 65.7 Å². The number of carbonyl (C=O) groups excluding carboxylic acids is 1. The average Bonchev–Trinajstić information content (AvgIpc) is 3.44. The first-order chi connectivity index (χ1) is 18.6. The number of pyridine rings is 1. The number of nitrogens with zero attached hydrogens (tertiary/aromatic N) is 4. The van der Waals surface area contributed by atoms with E-state index in [9.17, 15) is 15.2 Å². The second kappa shape index (κ2) is 8.43. The van der Waals surface area contributed by atoms with Gasteiger partial charge in [0.2, 0.25) is 17.5 Å². The largest absolute Gasteiger partial charge is 0.481 e. The molecule has 3 aliphatic rings. The monoisotopic (exact) mass is 543 g/mol. The van der Waals surface area contributed by atoms with Gasteiger partial charge in [0.1, 0.15) is 16.8 Å². The van der Waals surface area contributed by atoms with E-state index in [1.165, 1.54) is 12.0 Å². The highest BCUT2D eigenvalue weighted by Crippen LogP contribution is 2.74. The first kappa shape index (κ1) is 25.2. The van der Waals surface area contributed by atoms with Crippen LogP contribution in [0.3, 0.4) is 0 Å². The predicted molar refractivity (Wildman–Crippen MR) is 144 cm³/mol. The molecule has 0 bridgehead atoms. The standard InChI is InChI=1S/C29H26ClN5O4/c1-16-33-28-23-20(14-21(38-4)32-25(23)30)39-27(28,19-12-10-17(15-31)11-13-19)22(18-8-6-5-7-9-18)24(26(36)35(2)3)29(28,37)34-16/h5-14,22,24,37H,1-4H3,(H,33,34)/t22-,24+,27+,28-,29-/m1/s1. The Morgan fingerprint density at radius 3 is 2.51 bits per heavy atom. The molecule has 2 aliphatic heterocycles. The van der Waals surface area contributed by atoms with E-state index in [1.807, 2.05) is 30.3 Å². The SMILES string of the molecule is COc1cc2c(c(Cl)n1)[C@]13NC(C)=N[C@@]1(O)[C@H](C(=O)N(C)C)[C@@H](c1ccccc1)[C@]3(c1ccc(C#N)cc1)O2. The molecular formula is C29H26ClN5O4. The van der Waals surface area contributed by atoms with Crippen molar-refractivity contribution in [2.24, 2.45) is 10.9 Å². The number of nitriles is 1. The molecule has 3 heterocycles. The maximum atomic E-state index is 14.1. The number of aliphatic imine (C=N–C) groups is 1. The number of amidine groups is 1. The molecule has 3 aromatic rings. The number of hydrogen-bond donors (Lipinski definition) is 2. The van der Waals surface area contributed by atoms with Gasteiger partial charge in [0, 0.05) is 26.1 Å². The zero-order chi connectivity index (χ0) is 27.7. The summed E-state index contributed by atoms with van der Waals surface area (Å²) in [5.41, 5.74) is -2.80. The van der Waals surface area contributed by atoms with E-state index >= 15 is 0 Å². The summed E-state index contributed by atoms with van der Waals surface area (Å²) in [6, 6.07) is 20.2. The van der Waals surface area contributed by atoms with E-state index in [-0.39, 0.29) is 16.9 Å². The third kappa shape index (κ3) is 3.01. The molecule has 5 atom stereocenters. The van der Waals surface area contributed by atoms with E-state index in [1.54, 1.807) is 51.4 Å². The van der Waals surface area contributed by atoms with Crippen LogP contribution < -0.4 is 14.8 Å². The third-order valence-corrected chi connectivity index (χ3v) is 8.37. The predicted octanol–water partition coefficient (Wildman–Crippen LogP) is 3.31. The number of ether oxygens (including phenoxy) is 2. The average molecular weight is 544 g/mol. The van der Waals surface area contributed by atoms with Crippen molar-refractivity contribution in [1.82, 2.24) is 15.2 Å². The van der Waals surface area contributed by atoms with Crippen LogP contribution in [0.2, 0.25) is 5.15 Å². The number of benzene rings is 2. The minimum absolute atomic E-state index is 0.0560. The van der Waals surface area contributed by atoms with Crippen LogP contribution in [0.4, 0.5) is 0 Å². The highest BCUT2D eigenvalue weighted by molar-refractivity contribution is 6.30. The van der Waals surface area contributed by atoms with Crippen molar-refractivity contribution in [2.75, 3.05) is 21.2 Å². The maximum Gasteiger partial charge on any atom is 0.231 e. The van der Waals surface area contributed by atoms with Crippen molar-refractivity contribution in [2.45, 2.75) is 29.7 Å². The highest BCUT2D eigenvalue weighted by Gasteiger charge is 2.86. The highest BCUT2D eigenvalue weighted by atomic mass is 35.5. The molecule has 0 radical (unpaired) electrons. The van der Waals surface area contributed by atoms with Gasteiger partial charge in [-0.2, -0.15) is 5.26 Å². The van der Waals surface area contributed by atoms with Gasteiger partial charge < -0.3 is 24.8 Å². The van der Waals surface area contributed by atoms with Crippen molar-refractivity contribution in [3.8, 4) is 17.7 Å². The van der Waals surface area contributed by atoms with Gasteiger partial charge in [-0.1, -0.05) is 54.1 Å². The smallest absolute Gasteiger partial charge is 0.231 e. The summed E-state index contributed by atoms with van der Waals surface area (Å²) in [6.07, 6.45) is 0. The van der Waals surface area contributed by atoms with Crippen LogP contribution in [0.1, 0.15) is 35.1 Å². The summed E-state index contributed by atoms with van der Waals surface area (Å²) >= 11 is 6.86. The Morgan fingerprint density at radius 1 is 1.21 bits per heavy atom. The molecule has 39 heavy (non-hydrogen) atoms. The lowest BCUT2D eigenvalue weighted by atomic mass is 9.68. The molecule has 1 aliphatic carbocycles. The summed E-state index contributed by atoms with van der Waals surface area (Å²) in [5.74, 6) is -1.14. The van der Waals surface area contributed by atoms with Crippen molar-refractivity contribution in [3.63, 3.8) is 0 Å². The number of fused-ring (bicyclic) bond motifs is 1. The minimum atomic E-state index is -2.03. The second-order valence-electron chi connectivity index (χ2n) is 10.3. The van der Waals surface area contributed by atoms with Crippen LogP contribution in [0.5, 0.6) is 11.6 Å². The number of amides is 1. The first-order valence-electron chi connectivity index (χ1n) is 12.4. The van der Waals surface area contributed by atoms with Crippen molar-refractivity contribution >= 4 is 23.3 Å².